The number of hydrogen-bond acceptors (Lipinski definition) is 3. The number of aromatic nitrogens is 1. The van der Waals surface area contributed by atoms with Crippen molar-refractivity contribution in [2.45, 2.75) is 27.2 Å². The number of nitrogen functional groups attached to an aromatic ring is 1. The first-order valence-electron chi connectivity index (χ1n) is 5.34. The Kier molecular flexibility index (Phi) is 2.97. The lowest BCUT2D eigenvalue weighted by Crippen LogP contribution is -1.95. The molecule has 0 aliphatic carbocycles. The zero-order valence-electron chi connectivity index (χ0n) is 9.87. The topological polar surface area (TPSA) is 38.9 Å². The lowest BCUT2D eigenvalue weighted by molar-refractivity contribution is 1.07. The molecule has 0 fully saturated rings. The highest BCUT2D eigenvalue weighted by Crippen LogP contribution is 2.23. The van der Waals surface area contributed by atoms with Gasteiger partial charge in [0.05, 0.1) is 5.69 Å². The van der Waals surface area contributed by atoms with Crippen molar-refractivity contribution in [3.63, 3.8) is 0 Å². The fourth-order valence-corrected chi connectivity index (χ4v) is 2.49. The number of hydrogen-bond donors (Lipinski definition) is 1. The van der Waals surface area contributed by atoms with Crippen LogP contribution in [0.2, 0.25) is 0 Å². The minimum absolute atomic E-state index is 0.665. The van der Waals surface area contributed by atoms with Crippen LogP contribution in [0.3, 0.4) is 0 Å². The van der Waals surface area contributed by atoms with Crippen molar-refractivity contribution in [1.29, 1.82) is 0 Å². The lowest BCUT2D eigenvalue weighted by Gasteiger charge is -2.05. The van der Waals surface area contributed by atoms with Gasteiger partial charge in [0.2, 0.25) is 0 Å². The average molecular weight is 232 g/mol. The molecular formula is C13H16N2S. The Balaban J connectivity index is 2.33. The second kappa shape index (κ2) is 4.26. The van der Waals surface area contributed by atoms with Gasteiger partial charge in [-0.1, -0.05) is 23.8 Å². The standard InChI is InChI=1S/C13H16N2S/c1-8-4-5-9(2)11(6-8)7-12-10(3)16-13(14)15-12/h4-6H,7H2,1-3H3,(H2,14,15). The molecule has 2 nitrogen and oxygen atoms in total. The van der Waals surface area contributed by atoms with Crippen LogP contribution in [0.4, 0.5) is 5.13 Å². The van der Waals surface area contributed by atoms with E-state index in [2.05, 4.69) is 44.0 Å². The average Bonchev–Trinajstić information content (AvgIpc) is 2.51. The Hall–Kier alpha value is -1.35. The zero-order valence-corrected chi connectivity index (χ0v) is 10.7. The van der Waals surface area contributed by atoms with Gasteiger partial charge in [0, 0.05) is 11.3 Å². The highest BCUT2D eigenvalue weighted by atomic mass is 32.1. The Morgan fingerprint density at radius 2 is 2.00 bits per heavy atom. The Labute approximate surface area is 100 Å². The molecule has 0 aliphatic rings. The van der Waals surface area contributed by atoms with Crippen LogP contribution in [0.15, 0.2) is 18.2 Å². The molecule has 0 amide bonds. The molecule has 0 spiro atoms. The van der Waals surface area contributed by atoms with Gasteiger partial charge in [0.1, 0.15) is 0 Å². The molecule has 0 saturated carbocycles. The van der Waals surface area contributed by atoms with Gasteiger partial charge in [-0.3, -0.25) is 0 Å². The van der Waals surface area contributed by atoms with E-state index in [1.807, 2.05) is 0 Å². The summed E-state index contributed by atoms with van der Waals surface area (Å²) in [6.07, 6.45) is 0.882. The fourth-order valence-electron chi connectivity index (χ4n) is 1.79. The first-order valence-corrected chi connectivity index (χ1v) is 6.16. The molecule has 1 aromatic heterocycles. The highest BCUT2D eigenvalue weighted by molar-refractivity contribution is 7.15. The molecule has 0 atom stereocenters. The van der Waals surface area contributed by atoms with E-state index in [1.165, 1.54) is 21.6 Å². The van der Waals surface area contributed by atoms with Gasteiger partial charge >= 0.3 is 0 Å². The van der Waals surface area contributed by atoms with E-state index in [0.717, 1.165) is 12.1 Å². The fraction of sp³-hybridized carbons (Fsp3) is 0.308. The number of rotatable bonds is 2. The summed E-state index contributed by atoms with van der Waals surface area (Å²) in [5.41, 5.74) is 10.8. The SMILES string of the molecule is Cc1ccc(C)c(Cc2nc(N)sc2C)c1. The number of aryl methyl sites for hydroxylation is 3. The number of nitrogens with zero attached hydrogens (tertiary/aromatic N) is 1. The van der Waals surface area contributed by atoms with E-state index in [0.29, 0.717) is 5.13 Å². The molecule has 1 heterocycles. The van der Waals surface area contributed by atoms with Gasteiger partial charge in [0.25, 0.3) is 0 Å². The van der Waals surface area contributed by atoms with Crippen LogP contribution < -0.4 is 5.73 Å². The number of anilines is 1. The van der Waals surface area contributed by atoms with Gasteiger partial charge in [-0.25, -0.2) is 4.98 Å². The maximum absolute atomic E-state index is 5.71. The molecule has 16 heavy (non-hydrogen) atoms. The third-order valence-electron chi connectivity index (χ3n) is 2.77. The van der Waals surface area contributed by atoms with Crippen LogP contribution in [-0.4, -0.2) is 4.98 Å². The summed E-state index contributed by atoms with van der Waals surface area (Å²) in [7, 11) is 0. The Morgan fingerprint density at radius 3 is 2.62 bits per heavy atom. The monoisotopic (exact) mass is 232 g/mol. The molecule has 2 rings (SSSR count). The molecule has 0 unspecified atom stereocenters. The van der Waals surface area contributed by atoms with Crippen LogP contribution in [0, 0.1) is 20.8 Å². The molecule has 0 aliphatic heterocycles. The van der Waals surface area contributed by atoms with E-state index >= 15 is 0 Å². The quantitative estimate of drug-likeness (QED) is 0.863. The largest absolute Gasteiger partial charge is 0.375 e. The first-order chi connectivity index (χ1) is 7.56. The first kappa shape index (κ1) is 11.1. The highest BCUT2D eigenvalue weighted by Gasteiger charge is 2.08. The summed E-state index contributed by atoms with van der Waals surface area (Å²) in [5.74, 6) is 0. The van der Waals surface area contributed by atoms with Gasteiger partial charge < -0.3 is 5.73 Å². The molecule has 2 N–H and O–H groups in total. The number of benzene rings is 1. The van der Waals surface area contributed by atoms with Crippen LogP contribution in [0.5, 0.6) is 0 Å². The van der Waals surface area contributed by atoms with E-state index in [1.54, 1.807) is 11.3 Å². The Bertz CT molecular complexity index is 515. The lowest BCUT2D eigenvalue weighted by atomic mass is 10.0. The molecule has 3 heteroatoms. The maximum Gasteiger partial charge on any atom is 0.180 e. The van der Waals surface area contributed by atoms with E-state index in [9.17, 15) is 0 Å². The van der Waals surface area contributed by atoms with Crippen LogP contribution >= 0.6 is 11.3 Å². The number of nitrogens with two attached hydrogens (primary N) is 1. The molecular weight excluding hydrogens is 216 g/mol. The van der Waals surface area contributed by atoms with Crippen molar-refractivity contribution >= 4 is 16.5 Å². The van der Waals surface area contributed by atoms with E-state index in [4.69, 9.17) is 5.73 Å². The van der Waals surface area contributed by atoms with Crippen molar-refractivity contribution < 1.29 is 0 Å². The van der Waals surface area contributed by atoms with Gasteiger partial charge in [0.15, 0.2) is 5.13 Å². The van der Waals surface area contributed by atoms with Crippen molar-refractivity contribution in [2.75, 3.05) is 5.73 Å². The second-order valence-electron chi connectivity index (χ2n) is 4.16. The van der Waals surface area contributed by atoms with Gasteiger partial charge in [-0.05, 0) is 31.9 Å². The number of thiazole rings is 1. The smallest absolute Gasteiger partial charge is 0.180 e. The molecule has 0 saturated heterocycles. The second-order valence-corrected chi connectivity index (χ2v) is 5.40. The van der Waals surface area contributed by atoms with E-state index < -0.39 is 0 Å². The summed E-state index contributed by atoms with van der Waals surface area (Å²) in [6, 6.07) is 6.53. The molecule has 0 radical (unpaired) electrons. The van der Waals surface area contributed by atoms with Crippen LogP contribution in [-0.2, 0) is 6.42 Å². The van der Waals surface area contributed by atoms with E-state index in [-0.39, 0.29) is 0 Å². The van der Waals surface area contributed by atoms with Crippen molar-refractivity contribution in [3.8, 4) is 0 Å². The predicted octanol–water partition coefficient (Wildman–Crippen LogP) is 3.24. The minimum Gasteiger partial charge on any atom is -0.375 e. The predicted molar refractivity (Wildman–Crippen MR) is 70.0 cm³/mol. The summed E-state index contributed by atoms with van der Waals surface area (Å²) in [5, 5.41) is 0.665. The minimum atomic E-state index is 0.665. The Morgan fingerprint density at radius 1 is 1.25 bits per heavy atom. The molecule has 84 valence electrons. The summed E-state index contributed by atoms with van der Waals surface area (Å²) < 4.78 is 0. The normalized spacial score (nSPS) is 10.7. The molecule has 0 bridgehead atoms. The van der Waals surface area contributed by atoms with Crippen LogP contribution in [0.25, 0.3) is 0 Å². The van der Waals surface area contributed by atoms with Gasteiger partial charge in [-0.2, -0.15) is 0 Å². The third kappa shape index (κ3) is 2.25. The van der Waals surface area contributed by atoms with Crippen LogP contribution in [0.1, 0.15) is 27.3 Å². The molecule has 1 aromatic carbocycles. The third-order valence-corrected chi connectivity index (χ3v) is 3.61. The van der Waals surface area contributed by atoms with Crippen molar-refractivity contribution in [1.82, 2.24) is 4.98 Å². The van der Waals surface area contributed by atoms with Gasteiger partial charge in [-0.15, -0.1) is 11.3 Å². The summed E-state index contributed by atoms with van der Waals surface area (Å²) in [4.78, 5) is 5.59. The summed E-state index contributed by atoms with van der Waals surface area (Å²) in [6.45, 7) is 6.33. The molecule has 2 aromatic rings. The van der Waals surface area contributed by atoms with Crippen molar-refractivity contribution in [3.05, 3.63) is 45.5 Å². The summed E-state index contributed by atoms with van der Waals surface area (Å²) >= 11 is 1.57. The van der Waals surface area contributed by atoms with Crippen molar-refractivity contribution in [2.24, 2.45) is 0 Å². The zero-order chi connectivity index (χ0) is 11.7. The maximum atomic E-state index is 5.71.